The van der Waals surface area contributed by atoms with E-state index in [1.165, 1.54) is 54.6 Å². The van der Waals surface area contributed by atoms with E-state index in [-0.39, 0.29) is 17.1 Å². The van der Waals surface area contributed by atoms with Crippen molar-refractivity contribution in [2.24, 2.45) is 0 Å². The van der Waals surface area contributed by atoms with E-state index in [2.05, 4.69) is 5.32 Å². The summed E-state index contributed by atoms with van der Waals surface area (Å²) in [5.41, 5.74) is 0.480. The van der Waals surface area contributed by atoms with Gasteiger partial charge in [-0.05, 0) is 29.8 Å². The summed E-state index contributed by atoms with van der Waals surface area (Å²) in [7, 11) is 0. The molecule has 0 heterocycles. The van der Waals surface area contributed by atoms with E-state index < -0.39 is 28.3 Å². The smallest absolute Gasteiger partial charge is 0.331 e. The van der Waals surface area contributed by atoms with E-state index in [1.807, 2.05) is 0 Å². The van der Waals surface area contributed by atoms with Crippen molar-refractivity contribution in [3.05, 3.63) is 80.4 Å². The summed E-state index contributed by atoms with van der Waals surface area (Å²) in [6.45, 7) is -0.577. The lowest BCUT2D eigenvalue weighted by atomic mass is 10.2. The molecule has 2 aromatic rings. The maximum absolute atomic E-state index is 11.7. The maximum atomic E-state index is 11.7. The fourth-order valence-corrected chi connectivity index (χ4v) is 1.95. The van der Waals surface area contributed by atoms with Gasteiger partial charge in [-0.2, -0.15) is 0 Å². The second-order valence-corrected chi connectivity index (χ2v) is 5.15. The van der Waals surface area contributed by atoms with Crippen LogP contribution in [0.3, 0.4) is 0 Å². The molecule has 0 saturated carbocycles. The van der Waals surface area contributed by atoms with Gasteiger partial charge < -0.3 is 10.1 Å². The third kappa shape index (κ3) is 6.05. The Kier molecular flexibility index (Phi) is 6.31. The van der Waals surface area contributed by atoms with Crippen molar-refractivity contribution < 1.29 is 24.2 Å². The van der Waals surface area contributed by atoms with Gasteiger partial charge in [0.25, 0.3) is 17.3 Å². The van der Waals surface area contributed by atoms with Gasteiger partial charge in [0.05, 0.1) is 9.85 Å². The first-order valence-electron chi connectivity index (χ1n) is 7.49. The number of ether oxygens (including phenoxy) is 1. The SMILES string of the molecule is O=C(COC(=O)/C=C/c1ccc([N+](=O)[O-])cc1)Nc1cccc([N+](=O)[O-])c1. The summed E-state index contributed by atoms with van der Waals surface area (Å²) in [5, 5.41) is 23.6. The predicted octanol–water partition coefficient (Wildman–Crippen LogP) is 2.70. The van der Waals surface area contributed by atoms with E-state index >= 15 is 0 Å². The Labute approximate surface area is 152 Å². The summed E-state index contributed by atoms with van der Waals surface area (Å²) in [6.07, 6.45) is 2.45. The van der Waals surface area contributed by atoms with Gasteiger partial charge in [0, 0.05) is 36.0 Å². The molecule has 0 aliphatic heterocycles. The van der Waals surface area contributed by atoms with E-state index in [0.717, 1.165) is 6.08 Å². The standard InChI is InChI=1S/C17H13N3O7/c21-16(18-13-2-1-3-15(10-13)20(25)26)11-27-17(22)9-6-12-4-7-14(8-5-12)19(23)24/h1-10H,11H2,(H,18,21)/b9-6+. The first kappa shape index (κ1) is 19.2. The lowest BCUT2D eigenvalue weighted by Crippen LogP contribution is -2.20. The van der Waals surface area contributed by atoms with Crippen molar-refractivity contribution in [2.75, 3.05) is 11.9 Å². The highest BCUT2D eigenvalue weighted by Gasteiger charge is 2.09. The average Bonchev–Trinajstić information content (AvgIpc) is 2.65. The van der Waals surface area contributed by atoms with Gasteiger partial charge in [0.1, 0.15) is 0 Å². The second-order valence-electron chi connectivity index (χ2n) is 5.15. The Morgan fingerprint density at radius 3 is 2.30 bits per heavy atom. The number of hydrogen-bond donors (Lipinski definition) is 1. The van der Waals surface area contributed by atoms with Crippen LogP contribution in [-0.2, 0) is 14.3 Å². The molecule has 0 unspecified atom stereocenters. The molecule has 0 fully saturated rings. The number of benzene rings is 2. The number of nitro groups is 2. The fourth-order valence-electron chi connectivity index (χ4n) is 1.95. The van der Waals surface area contributed by atoms with E-state index in [1.54, 1.807) is 0 Å². The Morgan fingerprint density at radius 1 is 1.00 bits per heavy atom. The van der Waals surface area contributed by atoms with Gasteiger partial charge in [-0.1, -0.05) is 6.07 Å². The lowest BCUT2D eigenvalue weighted by Gasteiger charge is -2.05. The third-order valence-electron chi connectivity index (χ3n) is 3.20. The number of carbonyl (C=O) groups excluding carboxylic acids is 2. The molecule has 2 aromatic carbocycles. The second kappa shape index (κ2) is 8.85. The number of esters is 1. The van der Waals surface area contributed by atoms with E-state index in [0.29, 0.717) is 5.56 Å². The third-order valence-corrected chi connectivity index (χ3v) is 3.20. The van der Waals surface area contributed by atoms with Gasteiger partial charge in [-0.25, -0.2) is 4.79 Å². The Hall–Kier alpha value is -4.08. The number of carbonyl (C=O) groups is 2. The predicted molar refractivity (Wildman–Crippen MR) is 94.8 cm³/mol. The van der Waals surface area contributed by atoms with Crippen LogP contribution in [0.5, 0.6) is 0 Å². The molecule has 138 valence electrons. The number of hydrogen-bond acceptors (Lipinski definition) is 7. The molecule has 10 nitrogen and oxygen atoms in total. The molecule has 0 saturated heterocycles. The highest BCUT2D eigenvalue weighted by molar-refractivity contribution is 5.94. The van der Waals surface area contributed by atoms with Crippen LogP contribution in [0.15, 0.2) is 54.6 Å². The number of rotatable bonds is 7. The molecule has 0 bridgehead atoms. The fraction of sp³-hybridized carbons (Fsp3) is 0.0588. The minimum Gasteiger partial charge on any atom is -0.452 e. The summed E-state index contributed by atoms with van der Waals surface area (Å²) in [4.78, 5) is 43.4. The quantitative estimate of drug-likeness (QED) is 0.341. The summed E-state index contributed by atoms with van der Waals surface area (Å²) in [5.74, 6) is -1.45. The van der Waals surface area contributed by atoms with Crippen LogP contribution < -0.4 is 5.32 Å². The zero-order chi connectivity index (χ0) is 19.8. The molecule has 1 N–H and O–H groups in total. The summed E-state index contributed by atoms with van der Waals surface area (Å²) in [6, 6.07) is 10.8. The topological polar surface area (TPSA) is 142 Å². The number of amides is 1. The number of non-ortho nitro benzene ring substituents is 2. The Morgan fingerprint density at radius 2 is 1.67 bits per heavy atom. The van der Waals surface area contributed by atoms with Gasteiger partial charge in [-0.15, -0.1) is 0 Å². The van der Waals surface area contributed by atoms with E-state index in [9.17, 15) is 29.8 Å². The van der Waals surface area contributed by atoms with E-state index in [4.69, 9.17) is 4.74 Å². The maximum Gasteiger partial charge on any atom is 0.331 e. The Balaban J connectivity index is 1.84. The van der Waals surface area contributed by atoms with Crippen LogP contribution in [0.25, 0.3) is 6.08 Å². The van der Waals surface area contributed by atoms with Crippen molar-refractivity contribution in [3.63, 3.8) is 0 Å². The number of nitrogens with zero attached hydrogens (tertiary/aromatic N) is 2. The molecule has 2 rings (SSSR count). The monoisotopic (exact) mass is 371 g/mol. The molecule has 0 aliphatic rings. The molecule has 0 aromatic heterocycles. The normalized spacial score (nSPS) is 10.4. The number of nitrogens with one attached hydrogen (secondary N) is 1. The molecule has 0 radical (unpaired) electrons. The first-order chi connectivity index (χ1) is 12.8. The van der Waals surface area contributed by atoms with Crippen molar-refractivity contribution in [1.82, 2.24) is 0 Å². The van der Waals surface area contributed by atoms with Crippen molar-refractivity contribution in [3.8, 4) is 0 Å². The molecule has 0 aliphatic carbocycles. The van der Waals surface area contributed by atoms with Crippen molar-refractivity contribution in [2.45, 2.75) is 0 Å². The van der Waals surface area contributed by atoms with Gasteiger partial charge in [-0.3, -0.25) is 25.0 Å². The molecule has 0 atom stereocenters. The highest BCUT2D eigenvalue weighted by atomic mass is 16.6. The van der Waals surface area contributed by atoms with Crippen molar-refractivity contribution in [1.29, 1.82) is 0 Å². The largest absolute Gasteiger partial charge is 0.452 e. The zero-order valence-corrected chi connectivity index (χ0v) is 13.7. The minimum atomic E-state index is -0.789. The van der Waals surface area contributed by atoms with Crippen molar-refractivity contribution >= 4 is 35.0 Å². The Bertz CT molecular complexity index is 907. The van der Waals surface area contributed by atoms with Crippen LogP contribution in [0, 0.1) is 20.2 Å². The van der Waals surface area contributed by atoms with Crippen LogP contribution in [0.2, 0.25) is 0 Å². The highest BCUT2D eigenvalue weighted by Crippen LogP contribution is 2.17. The van der Waals surface area contributed by atoms with Crippen LogP contribution in [-0.4, -0.2) is 28.3 Å². The summed E-state index contributed by atoms with van der Waals surface area (Å²) < 4.78 is 4.76. The lowest BCUT2D eigenvalue weighted by molar-refractivity contribution is -0.385. The zero-order valence-electron chi connectivity index (χ0n) is 13.7. The molecule has 0 spiro atoms. The van der Waals surface area contributed by atoms with Crippen LogP contribution >= 0.6 is 0 Å². The van der Waals surface area contributed by atoms with Crippen LogP contribution in [0.4, 0.5) is 17.1 Å². The number of nitro benzene ring substituents is 2. The molecular formula is C17H13N3O7. The molecule has 1 amide bonds. The van der Waals surface area contributed by atoms with Gasteiger partial charge in [0.15, 0.2) is 6.61 Å². The first-order valence-corrected chi connectivity index (χ1v) is 7.49. The summed E-state index contributed by atoms with van der Waals surface area (Å²) >= 11 is 0. The van der Waals surface area contributed by atoms with Crippen LogP contribution in [0.1, 0.15) is 5.56 Å². The average molecular weight is 371 g/mol. The molecule has 10 heteroatoms. The van der Waals surface area contributed by atoms with Gasteiger partial charge in [0.2, 0.25) is 0 Å². The molecule has 27 heavy (non-hydrogen) atoms. The number of anilines is 1. The van der Waals surface area contributed by atoms with Gasteiger partial charge >= 0.3 is 5.97 Å². The molecular weight excluding hydrogens is 358 g/mol. The minimum absolute atomic E-state index is 0.0763.